The van der Waals surface area contributed by atoms with Gasteiger partial charge in [-0.25, -0.2) is 0 Å². The van der Waals surface area contributed by atoms with Crippen LogP contribution in [-0.2, 0) is 0 Å². The van der Waals surface area contributed by atoms with Gasteiger partial charge >= 0.3 is 0 Å². The Morgan fingerprint density at radius 3 is 1.75 bits per heavy atom. The first-order valence-electron chi connectivity index (χ1n) is 9.46. The van der Waals surface area contributed by atoms with E-state index >= 15 is 0 Å². The minimum Gasteiger partial charge on any atom is -0.103 e. The standard InChI is InChI=1S/C20H40/c1-4-7-10-12-13-14-16-19-20(17-9-6-3)18-15-11-8-5-2/h4,20H,1,5-19H2,2-3H3. The van der Waals surface area contributed by atoms with Gasteiger partial charge in [0.05, 0.1) is 0 Å². The van der Waals surface area contributed by atoms with Crippen molar-refractivity contribution in [2.45, 2.75) is 110 Å². The summed E-state index contributed by atoms with van der Waals surface area (Å²) in [5, 5.41) is 0. The lowest BCUT2D eigenvalue weighted by molar-refractivity contribution is 0.372. The van der Waals surface area contributed by atoms with Gasteiger partial charge in [-0.05, 0) is 18.8 Å². The van der Waals surface area contributed by atoms with E-state index in [4.69, 9.17) is 0 Å². The van der Waals surface area contributed by atoms with Crippen LogP contribution in [0.15, 0.2) is 12.7 Å². The third-order valence-corrected chi connectivity index (χ3v) is 4.45. The molecule has 120 valence electrons. The summed E-state index contributed by atoms with van der Waals surface area (Å²) >= 11 is 0. The zero-order valence-electron chi connectivity index (χ0n) is 14.5. The summed E-state index contributed by atoms with van der Waals surface area (Å²) in [7, 11) is 0. The van der Waals surface area contributed by atoms with Crippen LogP contribution >= 0.6 is 0 Å². The average molecular weight is 281 g/mol. The maximum Gasteiger partial charge on any atom is -0.0353 e. The Morgan fingerprint density at radius 2 is 1.15 bits per heavy atom. The zero-order chi connectivity index (χ0) is 14.9. The van der Waals surface area contributed by atoms with E-state index in [1.165, 1.54) is 96.3 Å². The molecule has 0 heterocycles. The summed E-state index contributed by atoms with van der Waals surface area (Å²) in [6.45, 7) is 8.42. The second kappa shape index (κ2) is 16.8. The molecule has 0 N–H and O–H groups in total. The molecule has 0 nitrogen and oxygen atoms in total. The molecule has 0 spiro atoms. The minimum absolute atomic E-state index is 1.03. The van der Waals surface area contributed by atoms with E-state index in [0.717, 1.165) is 5.92 Å². The topological polar surface area (TPSA) is 0 Å². The van der Waals surface area contributed by atoms with Crippen LogP contribution in [0.1, 0.15) is 110 Å². The molecule has 1 unspecified atom stereocenters. The molecule has 0 fully saturated rings. The van der Waals surface area contributed by atoms with Gasteiger partial charge in [0.25, 0.3) is 0 Å². The van der Waals surface area contributed by atoms with Crippen LogP contribution in [0.5, 0.6) is 0 Å². The molecule has 0 aliphatic heterocycles. The lowest BCUT2D eigenvalue weighted by Gasteiger charge is -2.16. The highest BCUT2D eigenvalue weighted by molar-refractivity contribution is 4.65. The van der Waals surface area contributed by atoms with Crippen LogP contribution in [0.4, 0.5) is 0 Å². The molecular weight excluding hydrogens is 240 g/mol. The fourth-order valence-electron chi connectivity index (χ4n) is 3.04. The van der Waals surface area contributed by atoms with E-state index < -0.39 is 0 Å². The first-order valence-corrected chi connectivity index (χ1v) is 9.46. The van der Waals surface area contributed by atoms with E-state index in [1.54, 1.807) is 0 Å². The molecule has 0 aromatic carbocycles. The minimum atomic E-state index is 1.03. The lowest BCUT2D eigenvalue weighted by Crippen LogP contribution is -2.01. The summed E-state index contributed by atoms with van der Waals surface area (Å²) < 4.78 is 0. The second-order valence-corrected chi connectivity index (χ2v) is 6.49. The Morgan fingerprint density at radius 1 is 0.650 bits per heavy atom. The van der Waals surface area contributed by atoms with Crippen LogP contribution in [0, 0.1) is 5.92 Å². The van der Waals surface area contributed by atoms with Crippen molar-refractivity contribution in [1.29, 1.82) is 0 Å². The predicted molar refractivity (Wildman–Crippen MR) is 94.3 cm³/mol. The van der Waals surface area contributed by atoms with Crippen LogP contribution in [0.25, 0.3) is 0 Å². The summed E-state index contributed by atoms with van der Waals surface area (Å²) in [6, 6.07) is 0. The average Bonchev–Trinajstić information content (AvgIpc) is 2.47. The van der Waals surface area contributed by atoms with Crippen molar-refractivity contribution in [2.24, 2.45) is 5.92 Å². The number of allylic oxidation sites excluding steroid dienone is 1. The highest BCUT2D eigenvalue weighted by Gasteiger charge is 2.07. The van der Waals surface area contributed by atoms with Crippen molar-refractivity contribution < 1.29 is 0 Å². The van der Waals surface area contributed by atoms with Crippen LogP contribution < -0.4 is 0 Å². The van der Waals surface area contributed by atoms with E-state index in [1.807, 2.05) is 0 Å². The number of hydrogen-bond acceptors (Lipinski definition) is 0. The van der Waals surface area contributed by atoms with Crippen LogP contribution in [0.2, 0.25) is 0 Å². The largest absolute Gasteiger partial charge is 0.103 e. The first kappa shape index (κ1) is 19.7. The van der Waals surface area contributed by atoms with Gasteiger partial charge < -0.3 is 0 Å². The Kier molecular flexibility index (Phi) is 16.6. The van der Waals surface area contributed by atoms with Gasteiger partial charge in [-0.3, -0.25) is 0 Å². The SMILES string of the molecule is C=CCCCCCCCC(CCCC)CCCCCC. The summed E-state index contributed by atoms with van der Waals surface area (Å²) in [5.41, 5.74) is 0. The molecule has 0 aliphatic carbocycles. The molecule has 0 aromatic rings. The molecule has 0 saturated carbocycles. The van der Waals surface area contributed by atoms with Crippen molar-refractivity contribution in [3.8, 4) is 0 Å². The third-order valence-electron chi connectivity index (χ3n) is 4.45. The maximum absolute atomic E-state index is 3.79. The molecule has 0 rings (SSSR count). The molecular formula is C20H40. The maximum atomic E-state index is 3.79. The van der Waals surface area contributed by atoms with Crippen molar-refractivity contribution in [3.63, 3.8) is 0 Å². The predicted octanol–water partition coefficient (Wildman–Crippen LogP) is 7.68. The highest BCUT2D eigenvalue weighted by atomic mass is 14.1. The Balaban J connectivity index is 3.55. The molecule has 0 bridgehead atoms. The molecule has 0 aromatic heterocycles. The lowest BCUT2D eigenvalue weighted by atomic mass is 9.90. The molecule has 1 atom stereocenters. The van der Waals surface area contributed by atoms with E-state index in [9.17, 15) is 0 Å². The number of rotatable bonds is 16. The van der Waals surface area contributed by atoms with E-state index in [-0.39, 0.29) is 0 Å². The zero-order valence-corrected chi connectivity index (χ0v) is 14.5. The van der Waals surface area contributed by atoms with Gasteiger partial charge in [-0.15, -0.1) is 6.58 Å². The molecule has 0 heteroatoms. The Labute approximate surface area is 129 Å². The van der Waals surface area contributed by atoms with Crippen molar-refractivity contribution in [2.75, 3.05) is 0 Å². The van der Waals surface area contributed by atoms with Crippen molar-refractivity contribution in [3.05, 3.63) is 12.7 Å². The molecule has 20 heavy (non-hydrogen) atoms. The monoisotopic (exact) mass is 280 g/mol. The van der Waals surface area contributed by atoms with Crippen LogP contribution in [0.3, 0.4) is 0 Å². The van der Waals surface area contributed by atoms with E-state index in [0.29, 0.717) is 0 Å². The van der Waals surface area contributed by atoms with Gasteiger partial charge in [-0.1, -0.05) is 103 Å². The molecule has 0 aliphatic rings. The fourth-order valence-corrected chi connectivity index (χ4v) is 3.04. The smallest absolute Gasteiger partial charge is 0.0353 e. The third kappa shape index (κ3) is 14.2. The van der Waals surface area contributed by atoms with Crippen molar-refractivity contribution >= 4 is 0 Å². The number of hydrogen-bond donors (Lipinski definition) is 0. The molecule has 0 amide bonds. The van der Waals surface area contributed by atoms with Gasteiger partial charge in [0.2, 0.25) is 0 Å². The Hall–Kier alpha value is -0.260. The Bertz CT molecular complexity index is 182. The van der Waals surface area contributed by atoms with E-state index in [2.05, 4.69) is 26.5 Å². The fraction of sp³-hybridized carbons (Fsp3) is 0.900. The molecule has 0 radical (unpaired) electrons. The van der Waals surface area contributed by atoms with Gasteiger partial charge in [0.1, 0.15) is 0 Å². The first-order chi connectivity index (χ1) is 9.85. The molecule has 0 saturated heterocycles. The second-order valence-electron chi connectivity index (χ2n) is 6.49. The van der Waals surface area contributed by atoms with Gasteiger partial charge in [0, 0.05) is 0 Å². The van der Waals surface area contributed by atoms with Crippen molar-refractivity contribution in [1.82, 2.24) is 0 Å². The summed E-state index contributed by atoms with van der Waals surface area (Å²) in [4.78, 5) is 0. The normalized spacial score (nSPS) is 12.5. The summed E-state index contributed by atoms with van der Waals surface area (Å²) in [6.07, 6.45) is 23.4. The number of unbranched alkanes of at least 4 members (excludes halogenated alkanes) is 9. The van der Waals surface area contributed by atoms with Crippen LogP contribution in [-0.4, -0.2) is 0 Å². The van der Waals surface area contributed by atoms with Gasteiger partial charge in [0.15, 0.2) is 0 Å². The van der Waals surface area contributed by atoms with Gasteiger partial charge in [-0.2, -0.15) is 0 Å². The quantitative estimate of drug-likeness (QED) is 0.201. The highest BCUT2D eigenvalue weighted by Crippen LogP contribution is 2.23. The summed E-state index contributed by atoms with van der Waals surface area (Å²) in [5.74, 6) is 1.03.